The summed E-state index contributed by atoms with van der Waals surface area (Å²) in [5.74, 6) is -1.03. The third-order valence-corrected chi connectivity index (χ3v) is 3.34. The molecule has 0 bridgehead atoms. The maximum atomic E-state index is 12.0. The number of aromatic nitrogens is 1. The van der Waals surface area contributed by atoms with E-state index < -0.39 is 5.97 Å². The number of nitrogens with zero attached hydrogens (tertiary/aromatic N) is 2. The fourth-order valence-corrected chi connectivity index (χ4v) is 2.08. The molecule has 1 heterocycles. The highest BCUT2D eigenvalue weighted by Crippen LogP contribution is 2.18. The number of aliphatic carboxylic acids is 1. The lowest BCUT2D eigenvalue weighted by molar-refractivity contribution is -0.133. The second-order valence-electron chi connectivity index (χ2n) is 3.54. The summed E-state index contributed by atoms with van der Waals surface area (Å²) >= 11 is 1.18. The van der Waals surface area contributed by atoms with E-state index >= 15 is 0 Å². The van der Waals surface area contributed by atoms with Gasteiger partial charge >= 0.3 is 5.97 Å². The van der Waals surface area contributed by atoms with Crippen LogP contribution in [0.4, 0.5) is 0 Å². The van der Waals surface area contributed by atoms with Gasteiger partial charge in [-0.3, -0.25) is 14.6 Å². The minimum absolute atomic E-state index is 0.0249. The number of hydrogen-bond donors (Lipinski definition) is 1. The summed E-state index contributed by atoms with van der Waals surface area (Å²) in [4.78, 5) is 29.0. The minimum Gasteiger partial charge on any atom is -0.481 e. The highest BCUT2D eigenvalue weighted by Gasteiger charge is 2.14. The van der Waals surface area contributed by atoms with Gasteiger partial charge in [-0.1, -0.05) is 0 Å². The Balaban J connectivity index is 2.81. The zero-order valence-corrected chi connectivity index (χ0v) is 11.2. The molecule has 0 aromatic carbocycles. The van der Waals surface area contributed by atoms with Crippen LogP contribution in [0.1, 0.15) is 24.3 Å². The molecule has 6 heteroatoms. The number of thioether (sulfide) groups is 1. The number of hydrogen-bond acceptors (Lipinski definition) is 4. The molecule has 0 saturated carbocycles. The van der Waals surface area contributed by atoms with Crippen LogP contribution >= 0.6 is 11.8 Å². The summed E-state index contributed by atoms with van der Waals surface area (Å²) in [7, 11) is 0. The Kier molecular flexibility index (Phi) is 5.64. The van der Waals surface area contributed by atoms with Crippen LogP contribution in [0.5, 0.6) is 0 Å². The second kappa shape index (κ2) is 7.00. The molecule has 5 nitrogen and oxygen atoms in total. The molecule has 0 unspecified atom stereocenters. The molecule has 0 radical (unpaired) electrons. The minimum atomic E-state index is -0.881. The largest absolute Gasteiger partial charge is 0.481 e. The van der Waals surface area contributed by atoms with Gasteiger partial charge in [0.1, 0.15) is 5.69 Å². The van der Waals surface area contributed by atoms with Gasteiger partial charge in [0.2, 0.25) is 0 Å². The van der Waals surface area contributed by atoms with Gasteiger partial charge in [0.15, 0.2) is 0 Å². The van der Waals surface area contributed by atoms with Crippen LogP contribution in [0.3, 0.4) is 0 Å². The lowest BCUT2D eigenvalue weighted by Gasteiger charge is -2.18. The summed E-state index contributed by atoms with van der Waals surface area (Å²) in [6.45, 7) is 5.07. The molecule has 1 N–H and O–H groups in total. The Hall–Kier alpha value is -1.56. The Bertz CT molecular complexity index is 433. The van der Waals surface area contributed by atoms with Crippen LogP contribution in [0, 0.1) is 0 Å². The molecule has 18 heavy (non-hydrogen) atoms. The first-order chi connectivity index (χ1) is 8.58. The van der Waals surface area contributed by atoms with Gasteiger partial charge in [0, 0.05) is 24.2 Å². The van der Waals surface area contributed by atoms with Gasteiger partial charge in [-0.05, 0) is 26.0 Å². The number of pyridine rings is 1. The van der Waals surface area contributed by atoms with E-state index in [0.29, 0.717) is 18.8 Å². The standard InChI is InChI=1S/C12H16N2O3S/c1-3-14(4-2)12(17)10-7-9(5-6-13-10)18-8-11(15)16/h5-7H,3-4,8H2,1-2H3,(H,15,16). The van der Waals surface area contributed by atoms with E-state index in [4.69, 9.17) is 5.11 Å². The van der Waals surface area contributed by atoms with Gasteiger partial charge in [-0.25, -0.2) is 0 Å². The second-order valence-corrected chi connectivity index (χ2v) is 4.59. The fourth-order valence-electron chi connectivity index (χ4n) is 1.44. The van der Waals surface area contributed by atoms with E-state index in [0.717, 1.165) is 4.90 Å². The predicted octanol–water partition coefficient (Wildman–Crippen LogP) is 1.74. The molecule has 1 rings (SSSR count). The maximum absolute atomic E-state index is 12.0. The van der Waals surface area contributed by atoms with Crippen molar-refractivity contribution >= 4 is 23.6 Å². The summed E-state index contributed by atoms with van der Waals surface area (Å²) in [5, 5.41) is 8.61. The number of carboxylic acid groups (broad SMARTS) is 1. The van der Waals surface area contributed by atoms with Crippen LogP contribution in [0.15, 0.2) is 23.2 Å². The Labute approximate surface area is 110 Å². The van der Waals surface area contributed by atoms with E-state index in [-0.39, 0.29) is 11.7 Å². The summed E-state index contributed by atoms with van der Waals surface area (Å²) in [5.41, 5.74) is 0.356. The van der Waals surface area contributed by atoms with Crippen LogP contribution in [0.2, 0.25) is 0 Å². The molecule has 1 aromatic rings. The highest BCUT2D eigenvalue weighted by molar-refractivity contribution is 8.00. The van der Waals surface area contributed by atoms with Gasteiger partial charge in [0.25, 0.3) is 5.91 Å². The van der Waals surface area contributed by atoms with E-state index in [1.807, 2.05) is 13.8 Å². The van der Waals surface area contributed by atoms with Gasteiger partial charge < -0.3 is 10.0 Å². The van der Waals surface area contributed by atoms with Crippen LogP contribution in [-0.4, -0.2) is 45.7 Å². The summed E-state index contributed by atoms with van der Waals surface area (Å²) in [6.07, 6.45) is 1.53. The van der Waals surface area contributed by atoms with Crippen molar-refractivity contribution in [1.29, 1.82) is 0 Å². The van der Waals surface area contributed by atoms with Crippen molar-refractivity contribution in [2.45, 2.75) is 18.7 Å². The summed E-state index contributed by atoms with van der Waals surface area (Å²) < 4.78 is 0. The van der Waals surface area contributed by atoms with Crippen molar-refractivity contribution in [1.82, 2.24) is 9.88 Å². The van der Waals surface area contributed by atoms with Gasteiger partial charge in [-0.15, -0.1) is 11.8 Å². The monoisotopic (exact) mass is 268 g/mol. The van der Waals surface area contributed by atoms with Crippen molar-refractivity contribution in [3.05, 3.63) is 24.0 Å². The lowest BCUT2D eigenvalue weighted by atomic mass is 10.3. The summed E-state index contributed by atoms with van der Waals surface area (Å²) in [6, 6.07) is 3.33. The van der Waals surface area contributed by atoms with Crippen LogP contribution in [0.25, 0.3) is 0 Å². The molecular weight excluding hydrogens is 252 g/mol. The molecule has 0 saturated heterocycles. The fraction of sp³-hybridized carbons (Fsp3) is 0.417. The first kappa shape index (κ1) is 14.5. The average Bonchev–Trinajstić information content (AvgIpc) is 2.38. The third kappa shape index (κ3) is 4.03. The van der Waals surface area contributed by atoms with Crippen LogP contribution < -0.4 is 0 Å². The lowest BCUT2D eigenvalue weighted by Crippen LogP contribution is -2.31. The molecule has 0 fully saturated rings. The van der Waals surface area contributed by atoms with Crippen molar-refractivity contribution < 1.29 is 14.7 Å². The van der Waals surface area contributed by atoms with Crippen LogP contribution in [-0.2, 0) is 4.79 Å². The molecule has 0 spiro atoms. The molecule has 98 valence electrons. The molecule has 0 aliphatic rings. The average molecular weight is 268 g/mol. The van der Waals surface area contributed by atoms with Crippen molar-refractivity contribution in [2.75, 3.05) is 18.8 Å². The van der Waals surface area contributed by atoms with E-state index in [9.17, 15) is 9.59 Å². The normalized spacial score (nSPS) is 10.1. The first-order valence-electron chi connectivity index (χ1n) is 5.68. The van der Waals surface area contributed by atoms with Gasteiger partial charge in [0.05, 0.1) is 5.75 Å². The molecule has 0 aliphatic carbocycles. The number of carbonyl (C=O) groups is 2. The number of carboxylic acids is 1. The molecule has 1 amide bonds. The molecule has 0 atom stereocenters. The van der Waals surface area contributed by atoms with Gasteiger partial charge in [-0.2, -0.15) is 0 Å². The molecule has 0 aliphatic heterocycles. The molecular formula is C12H16N2O3S. The zero-order valence-electron chi connectivity index (χ0n) is 10.4. The Morgan fingerprint density at radius 1 is 1.39 bits per heavy atom. The smallest absolute Gasteiger partial charge is 0.313 e. The third-order valence-electron chi connectivity index (χ3n) is 2.36. The first-order valence-corrected chi connectivity index (χ1v) is 6.67. The number of rotatable bonds is 6. The number of carbonyl (C=O) groups excluding carboxylic acids is 1. The quantitative estimate of drug-likeness (QED) is 0.796. The molecule has 1 aromatic heterocycles. The SMILES string of the molecule is CCN(CC)C(=O)c1cc(SCC(=O)O)ccn1. The van der Waals surface area contributed by atoms with Crippen molar-refractivity contribution in [2.24, 2.45) is 0 Å². The Morgan fingerprint density at radius 2 is 2.06 bits per heavy atom. The number of amides is 1. The van der Waals surface area contributed by atoms with E-state index in [2.05, 4.69) is 4.98 Å². The Morgan fingerprint density at radius 3 is 2.61 bits per heavy atom. The highest BCUT2D eigenvalue weighted by atomic mass is 32.2. The topological polar surface area (TPSA) is 70.5 Å². The van der Waals surface area contributed by atoms with Crippen molar-refractivity contribution in [3.63, 3.8) is 0 Å². The van der Waals surface area contributed by atoms with Crippen molar-refractivity contribution in [3.8, 4) is 0 Å². The van der Waals surface area contributed by atoms with E-state index in [1.54, 1.807) is 17.0 Å². The maximum Gasteiger partial charge on any atom is 0.313 e. The van der Waals surface area contributed by atoms with E-state index in [1.165, 1.54) is 18.0 Å². The predicted molar refractivity (Wildman–Crippen MR) is 69.8 cm³/mol. The zero-order chi connectivity index (χ0) is 13.5.